The zero-order valence-corrected chi connectivity index (χ0v) is 25.7. The summed E-state index contributed by atoms with van der Waals surface area (Å²) in [4.78, 5) is 12.4. The molecule has 4 aromatic heterocycles. The predicted molar refractivity (Wildman–Crippen MR) is 180 cm³/mol. The number of fused-ring (bicyclic) bond motifs is 3. The summed E-state index contributed by atoms with van der Waals surface area (Å²) in [6, 6.07) is 33.6. The Labute approximate surface area is 266 Å². The number of hydrogen-bond donors (Lipinski definition) is 1. The minimum Gasteiger partial charge on any atom is -0.299 e. The van der Waals surface area contributed by atoms with Crippen molar-refractivity contribution in [2.45, 2.75) is 32.2 Å². The van der Waals surface area contributed by atoms with Gasteiger partial charge in [0.05, 0.1) is 17.1 Å². The molecule has 3 aromatic carbocycles. The van der Waals surface area contributed by atoms with Gasteiger partial charge in [-0.2, -0.15) is 14.7 Å². The Balaban J connectivity index is 1.01. The van der Waals surface area contributed by atoms with Gasteiger partial charge in [-0.25, -0.2) is 9.97 Å². The standard InChI is InChI=1S/C37H32ClN7/c1-24-19-35-39-22-30-20-32(26-5-3-2-4-6-26)36(40-37(30)45(35)43-24)29-9-7-25(8-10-29)23-44-17-15-28(16-18-44)34-21-33(41-42-34)27-11-13-31(38)14-12-27/h2-14,19-22,28H,15-18,23H2,1H3,(H,41,42). The summed E-state index contributed by atoms with van der Waals surface area (Å²) in [5.74, 6) is 0.493. The number of aryl methyl sites for hydroxylation is 1. The predicted octanol–water partition coefficient (Wildman–Crippen LogP) is 8.34. The molecular formula is C37H32ClN7. The van der Waals surface area contributed by atoms with Gasteiger partial charge >= 0.3 is 0 Å². The molecule has 45 heavy (non-hydrogen) atoms. The van der Waals surface area contributed by atoms with Crippen LogP contribution in [0.3, 0.4) is 0 Å². The summed E-state index contributed by atoms with van der Waals surface area (Å²) < 4.78 is 1.85. The zero-order chi connectivity index (χ0) is 30.3. The molecule has 1 aliphatic rings. The van der Waals surface area contributed by atoms with E-state index in [1.165, 1.54) is 11.3 Å². The van der Waals surface area contributed by atoms with Gasteiger partial charge in [-0.05, 0) is 68.2 Å². The number of aromatic nitrogens is 6. The first kappa shape index (κ1) is 27.7. The second kappa shape index (κ2) is 11.6. The quantitative estimate of drug-likeness (QED) is 0.205. The molecule has 5 heterocycles. The van der Waals surface area contributed by atoms with Crippen molar-refractivity contribution in [2.24, 2.45) is 0 Å². The van der Waals surface area contributed by atoms with E-state index in [9.17, 15) is 0 Å². The molecule has 0 unspecified atom stereocenters. The number of aromatic amines is 1. The lowest BCUT2D eigenvalue weighted by Crippen LogP contribution is -2.32. The molecule has 7 nitrogen and oxygen atoms in total. The van der Waals surface area contributed by atoms with Crippen molar-refractivity contribution in [1.29, 1.82) is 0 Å². The van der Waals surface area contributed by atoms with Crippen LogP contribution in [-0.4, -0.2) is 47.8 Å². The van der Waals surface area contributed by atoms with E-state index in [-0.39, 0.29) is 0 Å². The van der Waals surface area contributed by atoms with E-state index in [2.05, 4.69) is 85.8 Å². The number of rotatable bonds is 6. The number of H-pyrrole nitrogens is 1. The minimum absolute atomic E-state index is 0.493. The Bertz CT molecular complexity index is 2110. The lowest BCUT2D eigenvalue weighted by molar-refractivity contribution is 0.203. The maximum Gasteiger partial charge on any atom is 0.165 e. The normalized spacial score (nSPS) is 14.4. The number of benzene rings is 3. The lowest BCUT2D eigenvalue weighted by Gasteiger charge is -2.31. The second-order valence-corrected chi connectivity index (χ2v) is 12.4. The van der Waals surface area contributed by atoms with Crippen molar-refractivity contribution in [3.8, 4) is 33.6 Å². The molecule has 1 N–H and O–H groups in total. The monoisotopic (exact) mass is 609 g/mol. The van der Waals surface area contributed by atoms with Gasteiger partial charge in [-0.3, -0.25) is 10.00 Å². The molecule has 222 valence electrons. The number of nitrogens with zero attached hydrogens (tertiary/aromatic N) is 6. The van der Waals surface area contributed by atoms with E-state index in [0.29, 0.717) is 5.92 Å². The second-order valence-electron chi connectivity index (χ2n) is 11.9. The van der Waals surface area contributed by atoms with Crippen molar-refractivity contribution in [1.82, 2.24) is 34.7 Å². The van der Waals surface area contributed by atoms with Crippen LogP contribution in [0, 0.1) is 6.92 Å². The van der Waals surface area contributed by atoms with Crippen LogP contribution in [0.15, 0.2) is 103 Å². The molecule has 0 saturated carbocycles. The van der Waals surface area contributed by atoms with E-state index in [0.717, 1.165) is 93.5 Å². The molecule has 1 fully saturated rings. The first-order valence-electron chi connectivity index (χ1n) is 15.4. The topological polar surface area (TPSA) is 75.0 Å². The largest absolute Gasteiger partial charge is 0.299 e. The fourth-order valence-corrected chi connectivity index (χ4v) is 6.58. The van der Waals surface area contributed by atoms with E-state index >= 15 is 0 Å². The molecule has 7 aromatic rings. The van der Waals surface area contributed by atoms with Gasteiger partial charge in [0.2, 0.25) is 0 Å². The number of piperidine rings is 1. The van der Waals surface area contributed by atoms with Crippen LogP contribution in [0.2, 0.25) is 5.02 Å². The van der Waals surface area contributed by atoms with Crippen LogP contribution in [0.5, 0.6) is 0 Å². The van der Waals surface area contributed by atoms with Crippen LogP contribution < -0.4 is 0 Å². The Kier molecular flexibility index (Phi) is 7.12. The van der Waals surface area contributed by atoms with Crippen molar-refractivity contribution < 1.29 is 0 Å². The van der Waals surface area contributed by atoms with Crippen molar-refractivity contribution >= 4 is 28.3 Å². The third-order valence-electron chi connectivity index (χ3n) is 8.86. The fourth-order valence-electron chi connectivity index (χ4n) is 6.45. The molecule has 1 saturated heterocycles. The highest BCUT2D eigenvalue weighted by molar-refractivity contribution is 6.30. The highest BCUT2D eigenvalue weighted by Crippen LogP contribution is 2.34. The average Bonchev–Trinajstić information content (AvgIpc) is 3.73. The van der Waals surface area contributed by atoms with Gasteiger partial charge in [-0.1, -0.05) is 78.3 Å². The Hall–Kier alpha value is -4.85. The van der Waals surface area contributed by atoms with E-state index in [1.54, 1.807) is 0 Å². The Morgan fingerprint density at radius 1 is 0.844 bits per heavy atom. The van der Waals surface area contributed by atoms with Crippen LogP contribution in [-0.2, 0) is 6.54 Å². The summed E-state index contributed by atoms with van der Waals surface area (Å²) >= 11 is 6.06. The maximum atomic E-state index is 6.06. The first-order chi connectivity index (χ1) is 22.1. The van der Waals surface area contributed by atoms with Gasteiger partial charge in [-0.15, -0.1) is 0 Å². The molecular weight excluding hydrogens is 578 g/mol. The number of halogens is 1. The van der Waals surface area contributed by atoms with Crippen LogP contribution >= 0.6 is 11.6 Å². The highest BCUT2D eigenvalue weighted by Gasteiger charge is 2.23. The molecule has 8 heteroatoms. The molecule has 0 aliphatic carbocycles. The molecule has 0 amide bonds. The average molecular weight is 610 g/mol. The van der Waals surface area contributed by atoms with Gasteiger partial charge < -0.3 is 0 Å². The molecule has 8 rings (SSSR count). The molecule has 0 radical (unpaired) electrons. The van der Waals surface area contributed by atoms with Gasteiger partial charge in [0, 0.05) is 57.5 Å². The van der Waals surface area contributed by atoms with Gasteiger partial charge in [0.15, 0.2) is 11.3 Å². The minimum atomic E-state index is 0.493. The molecule has 1 aliphatic heterocycles. The highest BCUT2D eigenvalue weighted by atomic mass is 35.5. The smallest absolute Gasteiger partial charge is 0.165 e. The number of likely N-dealkylation sites (tertiary alicyclic amines) is 1. The summed E-state index contributed by atoms with van der Waals surface area (Å²) in [6.07, 6.45) is 4.11. The van der Waals surface area contributed by atoms with E-state index in [1.807, 2.05) is 54.0 Å². The SMILES string of the molecule is Cc1cc2ncc3cc(-c4ccccc4)c(-c4ccc(CN5CCC(c6cc(-c7ccc(Cl)cc7)n[nH]6)CC5)cc4)nc3n2n1. The number of pyridine rings is 1. The van der Waals surface area contributed by atoms with Gasteiger partial charge in [0.1, 0.15) is 0 Å². The van der Waals surface area contributed by atoms with Crippen LogP contribution in [0.1, 0.15) is 35.7 Å². The molecule has 0 bridgehead atoms. The van der Waals surface area contributed by atoms with Crippen molar-refractivity contribution in [3.05, 3.63) is 125 Å². The van der Waals surface area contributed by atoms with Gasteiger partial charge in [0.25, 0.3) is 0 Å². The summed E-state index contributed by atoms with van der Waals surface area (Å²) in [7, 11) is 0. The fraction of sp³-hybridized carbons (Fsp3) is 0.189. The third-order valence-corrected chi connectivity index (χ3v) is 9.12. The van der Waals surface area contributed by atoms with E-state index < -0.39 is 0 Å². The summed E-state index contributed by atoms with van der Waals surface area (Å²) in [5, 5.41) is 14.2. The first-order valence-corrected chi connectivity index (χ1v) is 15.8. The summed E-state index contributed by atoms with van der Waals surface area (Å²) in [5.41, 5.74) is 11.4. The molecule has 0 spiro atoms. The van der Waals surface area contributed by atoms with Crippen LogP contribution in [0.25, 0.3) is 50.3 Å². The molecule has 0 atom stereocenters. The number of nitrogens with one attached hydrogen (secondary N) is 1. The number of hydrogen-bond acceptors (Lipinski definition) is 5. The Morgan fingerprint density at radius 2 is 1.60 bits per heavy atom. The van der Waals surface area contributed by atoms with E-state index in [4.69, 9.17) is 16.6 Å². The Morgan fingerprint density at radius 3 is 2.38 bits per heavy atom. The summed E-state index contributed by atoms with van der Waals surface area (Å²) in [6.45, 7) is 5.03. The van der Waals surface area contributed by atoms with Crippen molar-refractivity contribution in [3.63, 3.8) is 0 Å². The van der Waals surface area contributed by atoms with Crippen molar-refractivity contribution in [2.75, 3.05) is 13.1 Å². The maximum absolute atomic E-state index is 6.06. The zero-order valence-electron chi connectivity index (χ0n) is 25.0. The van der Waals surface area contributed by atoms with Crippen LogP contribution in [0.4, 0.5) is 0 Å². The lowest BCUT2D eigenvalue weighted by atomic mass is 9.92. The third kappa shape index (κ3) is 5.50.